The van der Waals surface area contributed by atoms with Gasteiger partial charge < -0.3 is 10.1 Å². The molecule has 0 bridgehead atoms. The second-order valence-corrected chi connectivity index (χ2v) is 5.34. The lowest BCUT2D eigenvalue weighted by Gasteiger charge is -2.06. The average Bonchev–Trinajstić information content (AvgIpc) is 2.62. The quantitative estimate of drug-likeness (QED) is 0.600. The standard InChI is InChI=1S/C19H21N3O3/c1-3-25-17-10-8-16(9-11-17)19(24)20-13-18(23)22-21-12-15-6-4-14(2)5-7-15/h4-12H,3,13H2,1-2H3,(H,20,24)(H,22,23). The van der Waals surface area contributed by atoms with E-state index in [0.29, 0.717) is 17.9 Å². The van der Waals surface area contributed by atoms with Crippen molar-refractivity contribution in [1.29, 1.82) is 0 Å². The van der Waals surface area contributed by atoms with Crippen LogP contribution in [0, 0.1) is 6.92 Å². The molecule has 6 heteroatoms. The van der Waals surface area contributed by atoms with E-state index in [4.69, 9.17) is 4.74 Å². The summed E-state index contributed by atoms with van der Waals surface area (Å²) in [7, 11) is 0. The molecule has 2 aromatic carbocycles. The monoisotopic (exact) mass is 339 g/mol. The predicted molar refractivity (Wildman–Crippen MR) is 96.9 cm³/mol. The highest BCUT2D eigenvalue weighted by Crippen LogP contribution is 2.11. The van der Waals surface area contributed by atoms with Gasteiger partial charge in [-0.2, -0.15) is 5.10 Å². The third kappa shape index (κ3) is 6.10. The van der Waals surface area contributed by atoms with Gasteiger partial charge in [0.25, 0.3) is 11.8 Å². The molecule has 2 rings (SSSR count). The maximum Gasteiger partial charge on any atom is 0.259 e. The van der Waals surface area contributed by atoms with Gasteiger partial charge in [-0.05, 0) is 43.7 Å². The van der Waals surface area contributed by atoms with Crippen molar-refractivity contribution in [3.8, 4) is 5.75 Å². The highest BCUT2D eigenvalue weighted by atomic mass is 16.5. The third-order valence-corrected chi connectivity index (χ3v) is 3.32. The van der Waals surface area contributed by atoms with Gasteiger partial charge in [-0.3, -0.25) is 9.59 Å². The number of rotatable bonds is 7. The molecule has 0 aliphatic carbocycles. The van der Waals surface area contributed by atoms with Crippen molar-refractivity contribution in [2.45, 2.75) is 13.8 Å². The molecule has 0 aliphatic heterocycles. The van der Waals surface area contributed by atoms with E-state index in [-0.39, 0.29) is 12.5 Å². The molecule has 0 atom stereocenters. The molecule has 0 aliphatic rings. The zero-order valence-electron chi connectivity index (χ0n) is 14.3. The maximum atomic E-state index is 12.0. The van der Waals surface area contributed by atoms with Crippen LogP contribution in [0.4, 0.5) is 0 Å². The lowest BCUT2D eigenvalue weighted by Crippen LogP contribution is -2.34. The molecule has 0 heterocycles. The zero-order chi connectivity index (χ0) is 18.1. The van der Waals surface area contributed by atoms with Crippen LogP contribution in [0.2, 0.25) is 0 Å². The largest absolute Gasteiger partial charge is 0.494 e. The highest BCUT2D eigenvalue weighted by molar-refractivity contribution is 5.96. The van der Waals surface area contributed by atoms with Crippen LogP contribution in [0.15, 0.2) is 53.6 Å². The van der Waals surface area contributed by atoms with E-state index in [9.17, 15) is 9.59 Å². The lowest BCUT2D eigenvalue weighted by molar-refractivity contribution is -0.120. The molecule has 6 nitrogen and oxygen atoms in total. The van der Waals surface area contributed by atoms with Gasteiger partial charge in [-0.25, -0.2) is 5.43 Å². The summed E-state index contributed by atoms with van der Waals surface area (Å²) in [5.74, 6) is -0.0365. The molecule has 0 saturated heterocycles. The van der Waals surface area contributed by atoms with Gasteiger partial charge >= 0.3 is 0 Å². The number of carbonyl (C=O) groups is 2. The summed E-state index contributed by atoms with van der Waals surface area (Å²) >= 11 is 0. The van der Waals surface area contributed by atoms with Crippen LogP contribution >= 0.6 is 0 Å². The molecule has 2 amide bonds. The number of carbonyl (C=O) groups excluding carboxylic acids is 2. The van der Waals surface area contributed by atoms with Crippen LogP contribution in [-0.2, 0) is 4.79 Å². The highest BCUT2D eigenvalue weighted by Gasteiger charge is 2.07. The Kier molecular flexibility index (Phi) is 6.71. The van der Waals surface area contributed by atoms with Crippen molar-refractivity contribution in [3.05, 3.63) is 65.2 Å². The first-order valence-electron chi connectivity index (χ1n) is 7.98. The molecule has 2 aromatic rings. The van der Waals surface area contributed by atoms with E-state index in [1.54, 1.807) is 30.5 Å². The van der Waals surface area contributed by atoms with E-state index in [1.165, 1.54) is 0 Å². The Balaban J connectivity index is 1.77. The SMILES string of the molecule is CCOc1ccc(C(=O)NCC(=O)NN=Cc2ccc(C)cc2)cc1. The summed E-state index contributed by atoms with van der Waals surface area (Å²) in [4.78, 5) is 23.7. The van der Waals surface area contributed by atoms with Crippen molar-refractivity contribution in [2.75, 3.05) is 13.2 Å². The first-order valence-corrected chi connectivity index (χ1v) is 7.98. The van der Waals surface area contributed by atoms with Crippen LogP contribution < -0.4 is 15.5 Å². The van der Waals surface area contributed by atoms with E-state index >= 15 is 0 Å². The van der Waals surface area contributed by atoms with Gasteiger partial charge in [-0.1, -0.05) is 29.8 Å². The number of amides is 2. The minimum atomic E-state index is -0.400. The van der Waals surface area contributed by atoms with Gasteiger partial charge in [0, 0.05) is 5.56 Å². The summed E-state index contributed by atoms with van der Waals surface area (Å²) in [6.07, 6.45) is 1.55. The molecule has 0 fully saturated rings. The van der Waals surface area contributed by atoms with Crippen LogP contribution in [0.3, 0.4) is 0 Å². The maximum absolute atomic E-state index is 12.0. The number of nitrogens with zero attached hydrogens (tertiary/aromatic N) is 1. The number of aryl methyl sites for hydroxylation is 1. The van der Waals surface area contributed by atoms with Gasteiger partial charge in [0.1, 0.15) is 5.75 Å². The topological polar surface area (TPSA) is 79.8 Å². The van der Waals surface area contributed by atoms with Crippen LogP contribution in [0.5, 0.6) is 5.75 Å². The molecule has 0 saturated carbocycles. The number of ether oxygens (including phenoxy) is 1. The fourth-order valence-corrected chi connectivity index (χ4v) is 2.00. The van der Waals surface area contributed by atoms with Crippen molar-refractivity contribution in [2.24, 2.45) is 5.10 Å². The smallest absolute Gasteiger partial charge is 0.259 e. The fraction of sp³-hybridized carbons (Fsp3) is 0.211. The summed E-state index contributed by atoms with van der Waals surface area (Å²) in [6, 6.07) is 14.4. The first kappa shape index (κ1) is 18.2. The Bertz CT molecular complexity index is 738. The number of hydrazone groups is 1. The molecule has 0 radical (unpaired) electrons. The molecular weight excluding hydrogens is 318 g/mol. The van der Waals surface area contributed by atoms with Gasteiger partial charge in [0.2, 0.25) is 0 Å². The van der Waals surface area contributed by atoms with E-state index in [1.807, 2.05) is 38.1 Å². The molecule has 0 spiro atoms. The minimum absolute atomic E-state index is 0.155. The van der Waals surface area contributed by atoms with E-state index in [2.05, 4.69) is 15.8 Å². The Morgan fingerprint density at radius 3 is 2.40 bits per heavy atom. The predicted octanol–water partition coefficient (Wildman–Crippen LogP) is 2.27. The zero-order valence-corrected chi connectivity index (χ0v) is 14.3. The van der Waals surface area contributed by atoms with E-state index < -0.39 is 5.91 Å². The molecule has 2 N–H and O–H groups in total. The van der Waals surface area contributed by atoms with Crippen molar-refractivity contribution >= 4 is 18.0 Å². The lowest BCUT2D eigenvalue weighted by atomic mass is 10.2. The number of hydrogen-bond donors (Lipinski definition) is 2. The fourth-order valence-electron chi connectivity index (χ4n) is 2.00. The number of nitrogens with one attached hydrogen (secondary N) is 2. The minimum Gasteiger partial charge on any atom is -0.494 e. The Morgan fingerprint density at radius 2 is 1.76 bits per heavy atom. The summed E-state index contributed by atoms with van der Waals surface area (Å²) in [6.45, 7) is 4.29. The molecule has 0 unspecified atom stereocenters. The number of benzene rings is 2. The number of hydrogen-bond acceptors (Lipinski definition) is 4. The van der Waals surface area contributed by atoms with Crippen molar-refractivity contribution in [1.82, 2.24) is 10.7 Å². The first-order chi connectivity index (χ1) is 12.1. The van der Waals surface area contributed by atoms with Gasteiger partial charge in [0.05, 0.1) is 19.4 Å². The van der Waals surface area contributed by atoms with Gasteiger partial charge in [0.15, 0.2) is 0 Å². The molecule has 130 valence electrons. The normalized spacial score (nSPS) is 10.5. The Morgan fingerprint density at radius 1 is 1.08 bits per heavy atom. The Labute approximate surface area is 146 Å². The average molecular weight is 339 g/mol. The van der Waals surface area contributed by atoms with E-state index in [0.717, 1.165) is 11.1 Å². The van der Waals surface area contributed by atoms with Crippen molar-refractivity contribution in [3.63, 3.8) is 0 Å². The van der Waals surface area contributed by atoms with Crippen LogP contribution in [-0.4, -0.2) is 31.2 Å². The van der Waals surface area contributed by atoms with Crippen molar-refractivity contribution < 1.29 is 14.3 Å². The molecular formula is C19H21N3O3. The second kappa shape index (κ2) is 9.22. The Hall–Kier alpha value is -3.15. The van der Waals surface area contributed by atoms with Crippen LogP contribution in [0.25, 0.3) is 0 Å². The van der Waals surface area contributed by atoms with Gasteiger partial charge in [-0.15, -0.1) is 0 Å². The second-order valence-electron chi connectivity index (χ2n) is 5.34. The summed E-state index contributed by atoms with van der Waals surface area (Å²) < 4.78 is 5.31. The third-order valence-electron chi connectivity index (χ3n) is 3.32. The molecule has 0 aromatic heterocycles. The van der Waals surface area contributed by atoms with Crippen LogP contribution in [0.1, 0.15) is 28.4 Å². The molecule has 25 heavy (non-hydrogen) atoms. The summed E-state index contributed by atoms with van der Waals surface area (Å²) in [5.41, 5.74) is 4.86. The summed E-state index contributed by atoms with van der Waals surface area (Å²) in [5, 5.41) is 6.40.